The summed E-state index contributed by atoms with van der Waals surface area (Å²) in [5.41, 5.74) is 0. The van der Waals surface area contributed by atoms with Crippen molar-refractivity contribution < 1.29 is 28.6 Å². The van der Waals surface area contributed by atoms with E-state index in [4.69, 9.17) is 14.2 Å². The van der Waals surface area contributed by atoms with Gasteiger partial charge in [0.25, 0.3) is 0 Å². The van der Waals surface area contributed by atoms with Crippen molar-refractivity contribution in [2.24, 2.45) is 0 Å². The lowest BCUT2D eigenvalue weighted by Crippen LogP contribution is -2.30. The molecule has 348 valence electrons. The maximum absolute atomic E-state index is 12.7. The summed E-state index contributed by atoms with van der Waals surface area (Å²) in [6.07, 6.45) is 62.8. The second-order valence-electron chi connectivity index (χ2n) is 16.3. The quantitative estimate of drug-likeness (QED) is 0.0263. The Balaban J connectivity index is 4.37. The zero-order valence-corrected chi connectivity index (χ0v) is 39.7. The highest BCUT2D eigenvalue weighted by molar-refractivity contribution is 5.71. The molecular weight excluding hydrogens is 757 g/mol. The molecule has 0 N–H and O–H groups in total. The summed E-state index contributed by atoms with van der Waals surface area (Å²) in [4.78, 5) is 37.8. The normalized spacial score (nSPS) is 12.8. The number of allylic oxidation sites excluding steroid dienone is 14. The van der Waals surface area contributed by atoms with Gasteiger partial charge in [0.15, 0.2) is 6.10 Å². The van der Waals surface area contributed by atoms with E-state index in [1.807, 2.05) is 0 Å². The van der Waals surface area contributed by atoms with Gasteiger partial charge in [-0.2, -0.15) is 0 Å². The standard InChI is InChI=1S/C55H92O6/c1-4-7-10-13-16-19-22-23-24-25-26-27-28-29-30-31-34-36-39-42-45-48-54(57)60-51-52(61-55(58)49-46-43-40-37-33-21-18-15-12-9-6-3)50-59-53(56)47-44-41-38-35-32-20-17-14-11-8-5-2/h7,10,14-19,23-24,26-27,29-30,52H,4-6,8-9,11-13,20-22,25,28,31-51H2,1-3H3/b10-7-,17-14-,18-15-,19-16-,24-23-,27-26-,30-29-. The second-order valence-corrected chi connectivity index (χ2v) is 16.3. The predicted molar refractivity (Wildman–Crippen MR) is 261 cm³/mol. The van der Waals surface area contributed by atoms with Crippen LogP contribution in [0, 0.1) is 0 Å². The lowest BCUT2D eigenvalue weighted by Gasteiger charge is -2.18. The summed E-state index contributed by atoms with van der Waals surface area (Å²) in [7, 11) is 0. The van der Waals surface area contributed by atoms with E-state index >= 15 is 0 Å². The van der Waals surface area contributed by atoms with E-state index in [-0.39, 0.29) is 31.1 Å². The molecule has 0 heterocycles. The van der Waals surface area contributed by atoms with E-state index in [0.29, 0.717) is 19.3 Å². The Labute approximate surface area is 375 Å². The average Bonchev–Trinajstić information content (AvgIpc) is 3.26. The first kappa shape index (κ1) is 57.6. The summed E-state index contributed by atoms with van der Waals surface area (Å²) in [5, 5.41) is 0. The van der Waals surface area contributed by atoms with Gasteiger partial charge in [0.05, 0.1) is 0 Å². The number of carbonyl (C=O) groups is 3. The summed E-state index contributed by atoms with van der Waals surface area (Å²) >= 11 is 0. The van der Waals surface area contributed by atoms with Crippen LogP contribution < -0.4 is 0 Å². The monoisotopic (exact) mass is 849 g/mol. The molecule has 0 fully saturated rings. The molecule has 0 saturated heterocycles. The molecule has 6 nitrogen and oxygen atoms in total. The van der Waals surface area contributed by atoms with Crippen LogP contribution in [-0.4, -0.2) is 37.2 Å². The molecule has 0 amide bonds. The molecule has 0 aromatic carbocycles. The van der Waals surface area contributed by atoms with Crippen molar-refractivity contribution in [1.29, 1.82) is 0 Å². The first-order chi connectivity index (χ1) is 30.0. The molecular formula is C55H92O6. The molecule has 0 rings (SSSR count). The van der Waals surface area contributed by atoms with E-state index in [1.54, 1.807) is 0 Å². The van der Waals surface area contributed by atoms with Crippen LogP contribution in [0.2, 0.25) is 0 Å². The fourth-order valence-electron chi connectivity index (χ4n) is 6.55. The van der Waals surface area contributed by atoms with Crippen molar-refractivity contribution in [3.8, 4) is 0 Å². The van der Waals surface area contributed by atoms with Gasteiger partial charge in [-0.15, -0.1) is 0 Å². The highest BCUT2D eigenvalue weighted by Crippen LogP contribution is 2.13. The summed E-state index contributed by atoms with van der Waals surface area (Å²) in [6.45, 7) is 6.40. The summed E-state index contributed by atoms with van der Waals surface area (Å²) in [5.74, 6) is -0.934. The van der Waals surface area contributed by atoms with Gasteiger partial charge in [-0.05, 0) is 103 Å². The van der Waals surface area contributed by atoms with Crippen LogP contribution in [0.25, 0.3) is 0 Å². The SMILES string of the molecule is CC/C=C\C/C=C\C/C=C\C/C=C\C/C=C\CCCCCCCC(=O)OCC(COC(=O)CCCCCCC/C=C\CCCC)OC(=O)CCCCCCC/C=C\CCCC. The van der Waals surface area contributed by atoms with Gasteiger partial charge in [0.2, 0.25) is 0 Å². The molecule has 0 aromatic heterocycles. The third-order valence-corrected chi connectivity index (χ3v) is 10.4. The largest absolute Gasteiger partial charge is 0.462 e. The van der Waals surface area contributed by atoms with Crippen LogP contribution in [0.15, 0.2) is 85.1 Å². The zero-order valence-electron chi connectivity index (χ0n) is 39.7. The number of hydrogen-bond donors (Lipinski definition) is 0. The van der Waals surface area contributed by atoms with E-state index < -0.39 is 6.10 Å². The van der Waals surface area contributed by atoms with E-state index in [0.717, 1.165) is 128 Å². The summed E-state index contributed by atoms with van der Waals surface area (Å²) < 4.78 is 16.7. The third-order valence-electron chi connectivity index (χ3n) is 10.4. The summed E-state index contributed by atoms with van der Waals surface area (Å²) in [6, 6.07) is 0. The molecule has 0 saturated carbocycles. The van der Waals surface area contributed by atoms with Crippen LogP contribution >= 0.6 is 0 Å². The van der Waals surface area contributed by atoms with Crippen molar-refractivity contribution in [3.05, 3.63) is 85.1 Å². The van der Waals surface area contributed by atoms with Crippen LogP contribution in [0.1, 0.15) is 226 Å². The van der Waals surface area contributed by atoms with Gasteiger partial charge in [-0.3, -0.25) is 14.4 Å². The number of esters is 3. The fourth-order valence-corrected chi connectivity index (χ4v) is 6.55. The first-order valence-electron chi connectivity index (χ1n) is 25.1. The molecule has 0 bridgehead atoms. The molecule has 1 atom stereocenters. The van der Waals surface area contributed by atoms with Crippen molar-refractivity contribution >= 4 is 17.9 Å². The topological polar surface area (TPSA) is 78.9 Å². The highest BCUT2D eigenvalue weighted by atomic mass is 16.6. The van der Waals surface area contributed by atoms with Gasteiger partial charge in [0.1, 0.15) is 13.2 Å². The van der Waals surface area contributed by atoms with Crippen molar-refractivity contribution in [2.45, 2.75) is 232 Å². The zero-order chi connectivity index (χ0) is 44.4. The number of ether oxygens (including phenoxy) is 3. The molecule has 0 aromatic rings. The van der Waals surface area contributed by atoms with E-state index in [2.05, 4.69) is 106 Å². The minimum absolute atomic E-state index is 0.0914. The second kappa shape index (κ2) is 49.2. The average molecular weight is 849 g/mol. The maximum Gasteiger partial charge on any atom is 0.306 e. The first-order valence-corrected chi connectivity index (χ1v) is 25.1. The van der Waals surface area contributed by atoms with Gasteiger partial charge in [-0.1, -0.05) is 189 Å². The lowest BCUT2D eigenvalue weighted by atomic mass is 10.1. The molecule has 0 aliphatic carbocycles. The van der Waals surface area contributed by atoms with Gasteiger partial charge in [-0.25, -0.2) is 0 Å². The number of carbonyl (C=O) groups excluding carboxylic acids is 3. The van der Waals surface area contributed by atoms with Gasteiger partial charge >= 0.3 is 17.9 Å². The van der Waals surface area contributed by atoms with Crippen molar-refractivity contribution in [3.63, 3.8) is 0 Å². The third kappa shape index (κ3) is 47.5. The minimum Gasteiger partial charge on any atom is -0.462 e. The molecule has 1 unspecified atom stereocenters. The fraction of sp³-hybridized carbons (Fsp3) is 0.691. The Bertz CT molecular complexity index is 1200. The van der Waals surface area contributed by atoms with Crippen LogP contribution in [0.3, 0.4) is 0 Å². The van der Waals surface area contributed by atoms with Crippen molar-refractivity contribution in [1.82, 2.24) is 0 Å². The van der Waals surface area contributed by atoms with Gasteiger partial charge < -0.3 is 14.2 Å². The van der Waals surface area contributed by atoms with E-state index in [1.165, 1.54) is 57.8 Å². The Morgan fingerprint density at radius 3 is 1.02 bits per heavy atom. The Morgan fingerprint density at radius 1 is 0.344 bits per heavy atom. The Hall–Kier alpha value is -3.41. The smallest absolute Gasteiger partial charge is 0.306 e. The number of hydrogen-bond acceptors (Lipinski definition) is 6. The predicted octanol–water partition coefficient (Wildman–Crippen LogP) is 16.4. The molecule has 6 heteroatoms. The number of rotatable bonds is 44. The van der Waals surface area contributed by atoms with Crippen LogP contribution in [-0.2, 0) is 28.6 Å². The van der Waals surface area contributed by atoms with E-state index in [9.17, 15) is 14.4 Å². The minimum atomic E-state index is -0.791. The highest BCUT2D eigenvalue weighted by Gasteiger charge is 2.19. The Morgan fingerprint density at radius 2 is 0.639 bits per heavy atom. The van der Waals surface area contributed by atoms with Crippen LogP contribution in [0.5, 0.6) is 0 Å². The molecule has 0 radical (unpaired) electrons. The maximum atomic E-state index is 12.7. The number of unbranched alkanes of at least 4 members (excludes halogenated alkanes) is 19. The molecule has 61 heavy (non-hydrogen) atoms. The molecule has 0 aliphatic heterocycles. The molecule has 0 aliphatic rings. The van der Waals surface area contributed by atoms with Gasteiger partial charge in [0, 0.05) is 19.3 Å². The lowest BCUT2D eigenvalue weighted by molar-refractivity contribution is -0.167. The molecule has 0 spiro atoms. The van der Waals surface area contributed by atoms with Crippen LogP contribution in [0.4, 0.5) is 0 Å². The Kier molecular flexibility index (Phi) is 46.5. The van der Waals surface area contributed by atoms with Crippen molar-refractivity contribution in [2.75, 3.05) is 13.2 Å².